The monoisotopic (exact) mass is 231 g/mol. The first kappa shape index (κ1) is 11.2. The van der Waals surface area contributed by atoms with Gasteiger partial charge in [0.05, 0.1) is 6.10 Å². The van der Waals surface area contributed by atoms with Gasteiger partial charge in [0.2, 0.25) is 0 Å². The molecule has 3 rings (SSSR count). The van der Waals surface area contributed by atoms with E-state index in [9.17, 15) is 5.11 Å². The molecule has 3 unspecified atom stereocenters. The fraction of sp³-hybridized carbons (Fsp3) is 0.600. The lowest BCUT2D eigenvalue weighted by molar-refractivity contribution is 0.0532. The summed E-state index contributed by atoms with van der Waals surface area (Å²) in [6.07, 6.45) is 4.26. The second-order valence-electron chi connectivity index (χ2n) is 5.60. The number of hydrogen-bond acceptors (Lipinski definition) is 2. The molecule has 0 radical (unpaired) electrons. The molecule has 1 aromatic rings. The molecule has 0 spiro atoms. The minimum absolute atomic E-state index is 0.157. The zero-order valence-electron chi connectivity index (χ0n) is 10.5. The summed E-state index contributed by atoms with van der Waals surface area (Å²) < 4.78 is 0. The van der Waals surface area contributed by atoms with Crippen molar-refractivity contribution in [2.75, 3.05) is 13.6 Å². The highest BCUT2D eigenvalue weighted by Crippen LogP contribution is 2.33. The highest BCUT2D eigenvalue weighted by atomic mass is 16.3. The van der Waals surface area contributed by atoms with E-state index in [1.807, 2.05) is 0 Å². The van der Waals surface area contributed by atoms with Crippen LogP contribution in [0.25, 0.3) is 0 Å². The predicted molar refractivity (Wildman–Crippen MR) is 69.0 cm³/mol. The van der Waals surface area contributed by atoms with Gasteiger partial charge in [-0.15, -0.1) is 0 Å². The molecule has 1 aromatic carbocycles. The summed E-state index contributed by atoms with van der Waals surface area (Å²) in [6.45, 7) is 1.19. The van der Waals surface area contributed by atoms with Gasteiger partial charge in [-0.25, -0.2) is 0 Å². The van der Waals surface area contributed by atoms with Crippen LogP contribution in [0.1, 0.15) is 24.0 Å². The molecule has 17 heavy (non-hydrogen) atoms. The number of fused-ring (bicyclic) bond motifs is 1. The van der Waals surface area contributed by atoms with Crippen molar-refractivity contribution >= 4 is 0 Å². The molecular formula is C15H21NO. The molecule has 92 valence electrons. The Balaban J connectivity index is 1.84. The first-order valence-electron chi connectivity index (χ1n) is 6.71. The van der Waals surface area contributed by atoms with Crippen molar-refractivity contribution in [3.63, 3.8) is 0 Å². The maximum Gasteiger partial charge on any atom is 0.0626 e. The Morgan fingerprint density at radius 1 is 1.18 bits per heavy atom. The largest absolute Gasteiger partial charge is 0.392 e. The van der Waals surface area contributed by atoms with E-state index in [1.54, 1.807) is 0 Å². The van der Waals surface area contributed by atoms with Crippen molar-refractivity contribution in [1.82, 2.24) is 4.90 Å². The molecule has 2 aliphatic rings. The summed E-state index contributed by atoms with van der Waals surface area (Å²) in [5.74, 6) is 0.428. The van der Waals surface area contributed by atoms with Crippen LogP contribution < -0.4 is 0 Å². The van der Waals surface area contributed by atoms with Crippen molar-refractivity contribution in [3.05, 3.63) is 35.4 Å². The Labute approximate surface area is 103 Å². The number of aliphatic hydroxyl groups is 1. The highest BCUT2D eigenvalue weighted by molar-refractivity contribution is 5.31. The quantitative estimate of drug-likeness (QED) is 0.797. The van der Waals surface area contributed by atoms with E-state index in [0.29, 0.717) is 12.0 Å². The molecule has 3 atom stereocenters. The van der Waals surface area contributed by atoms with Crippen LogP contribution in [-0.2, 0) is 12.8 Å². The molecule has 0 aromatic heterocycles. The normalized spacial score (nSPS) is 33.6. The molecule has 1 heterocycles. The number of hydrogen-bond donors (Lipinski definition) is 1. The number of rotatable bonds is 1. The van der Waals surface area contributed by atoms with E-state index in [2.05, 4.69) is 36.2 Å². The zero-order valence-corrected chi connectivity index (χ0v) is 10.5. The van der Waals surface area contributed by atoms with E-state index in [1.165, 1.54) is 30.5 Å². The Kier molecular flexibility index (Phi) is 2.93. The number of nitrogens with zero attached hydrogens (tertiary/aromatic N) is 1. The third-order valence-corrected chi connectivity index (χ3v) is 4.57. The van der Waals surface area contributed by atoms with Crippen molar-refractivity contribution in [2.45, 2.75) is 37.8 Å². The van der Waals surface area contributed by atoms with Crippen LogP contribution in [-0.4, -0.2) is 35.7 Å². The van der Waals surface area contributed by atoms with Crippen molar-refractivity contribution in [1.29, 1.82) is 0 Å². The van der Waals surface area contributed by atoms with Crippen molar-refractivity contribution in [2.24, 2.45) is 5.92 Å². The smallest absolute Gasteiger partial charge is 0.0626 e. The van der Waals surface area contributed by atoms with Crippen molar-refractivity contribution < 1.29 is 5.11 Å². The first-order valence-corrected chi connectivity index (χ1v) is 6.71. The van der Waals surface area contributed by atoms with Gasteiger partial charge < -0.3 is 10.0 Å². The lowest BCUT2D eigenvalue weighted by Crippen LogP contribution is -2.43. The number of aliphatic hydroxyl groups excluding tert-OH is 1. The lowest BCUT2D eigenvalue weighted by atomic mass is 9.77. The number of likely N-dealkylation sites (tertiary alicyclic amines) is 1. The summed E-state index contributed by atoms with van der Waals surface area (Å²) in [5, 5.41) is 10.4. The molecule has 2 nitrogen and oxygen atoms in total. The summed E-state index contributed by atoms with van der Waals surface area (Å²) in [7, 11) is 2.20. The molecule has 0 saturated carbocycles. The van der Waals surface area contributed by atoms with Crippen LogP contribution in [0.4, 0.5) is 0 Å². The second-order valence-corrected chi connectivity index (χ2v) is 5.60. The van der Waals surface area contributed by atoms with Gasteiger partial charge in [-0.3, -0.25) is 0 Å². The van der Waals surface area contributed by atoms with E-state index in [0.717, 1.165) is 12.8 Å². The Hall–Kier alpha value is -0.860. The van der Waals surface area contributed by atoms with E-state index in [-0.39, 0.29) is 6.10 Å². The van der Waals surface area contributed by atoms with Crippen LogP contribution in [0.5, 0.6) is 0 Å². The highest BCUT2D eigenvalue weighted by Gasteiger charge is 2.36. The molecule has 1 fully saturated rings. The summed E-state index contributed by atoms with van der Waals surface area (Å²) in [5.41, 5.74) is 2.79. The first-order chi connectivity index (χ1) is 8.25. The van der Waals surface area contributed by atoms with E-state index in [4.69, 9.17) is 0 Å². The Morgan fingerprint density at radius 3 is 2.53 bits per heavy atom. The van der Waals surface area contributed by atoms with Crippen LogP contribution in [0.3, 0.4) is 0 Å². The van der Waals surface area contributed by atoms with Crippen LogP contribution in [0.2, 0.25) is 0 Å². The van der Waals surface area contributed by atoms with E-state index >= 15 is 0 Å². The minimum atomic E-state index is -0.157. The SMILES string of the molecule is CN1CCCC1C1Cc2ccccc2CC1O. The van der Waals surface area contributed by atoms with Crippen LogP contribution >= 0.6 is 0 Å². The van der Waals surface area contributed by atoms with Gasteiger partial charge in [-0.05, 0) is 50.4 Å². The summed E-state index contributed by atoms with van der Waals surface area (Å²) in [4.78, 5) is 2.43. The average molecular weight is 231 g/mol. The zero-order chi connectivity index (χ0) is 11.8. The van der Waals surface area contributed by atoms with Gasteiger partial charge in [-0.1, -0.05) is 24.3 Å². The summed E-state index contributed by atoms with van der Waals surface area (Å²) in [6, 6.07) is 9.16. The molecule has 1 aliphatic heterocycles. The molecule has 1 N–H and O–H groups in total. The topological polar surface area (TPSA) is 23.5 Å². The van der Waals surface area contributed by atoms with Crippen LogP contribution in [0.15, 0.2) is 24.3 Å². The van der Waals surface area contributed by atoms with Gasteiger partial charge in [0.25, 0.3) is 0 Å². The maximum absolute atomic E-state index is 10.4. The van der Waals surface area contributed by atoms with Gasteiger partial charge in [-0.2, -0.15) is 0 Å². The summed E-state index contributed by atoms with van der Waals surface area (Å²) >= 11 is 0. The third kappa shape index (κ3) is 2.00. The second kappa shape index (κ2) is 4.43. The maximum atomic E-state index is 10.4. The molecule has 0 amide bonds. The predicted octanol–water partition coefficient (Wildman–Crippen LogP) is 1.86. The third-order valence-electron chi connectivity index (χ3n) is 4.57. The molecule has 1 saturated heterocycles. The van der Waals surface area contributed by atoms with Gasteiger partial charge in [0.15, 0.2) is 0 Å². The number of benzene rings is 1. The van der Waals surface area contributed by atoms with Gasteiger partial charge in [0, 0.05) is 12.0 Å². The lowest BCUT2D eigenvalue weighted by Gasteiger charge is -2.36. The van der Waals surface area contributed by atoms with Gasteiger partial charge >= 0.3 is 0 Å². The van der Waals surface area contributed by atoms with Crippen molar-refractivity contribution in [3.8, 4) is 0 Å². The van der Waals surface area contributed by atoms with E-state index < -0.39 is 0 Å². The molecule has 1 aliphatic carbocycles. The standard InChI is InChI=1S/C15H21NO/c1-16-8-4-7-14(16)13-9-11-5-2-3-6-12(11)10-15(13)17/h2-3,5-6,13-15,17H,4,7-10H2,1H3. The van der Waals surface area contributed by atoms with Crippen LogP contribution in [0, 0.1) is 5.92 Å². The Morgan fingerprint density at radius 2 is 1.88 bits per heavy atom. The minimum Gasteiger partial charge on any atom is -0.392 e. The average Bonchev–Trinajstić information content (AvgIpc) is 2.74. The fourth-order valence-electron chi connectivity index (χ4n) is 3.59. The molecule has 0 bridgehead atoms. The molecule has 2 heteroatoms. The fourth-order valence-corrected chi connectivity index (χ4v) is 3.59. The van der Waals surface area contributed by atoms with Gasteiger partial charge in [0.1, 0.15) is 0 Å². The molecular weight excluding hydrogens is 210 g/mol. The Bertz CT molecular complexity index is 404.